The Labute approximate surface area is 242 Å². The standard InChI is InChI=1S/C16H16N2O2S.C16H16N2OS/c1-11-7-14-15(10-18(2)16(14)17-9-11)12-5-4-6-13(8-12)21(3,19)20;1-11-7-14-15(10-18(2)16(14)17-9-11)12-5-4-6-13(8-12)20(3)19/h4-10H,1-3H3;4-10H,1-3H3. The van der Waals surface area contributed by atoms with Gasteiger partial charge in [0, 0.05) is 89.0 Å². The lowest BCUT2D eigenvalue weighted by Crippen LogP contribution is -1.96. The monoisotopic (exact) mass is 584 g/mol. The second kappa shape index (κ2) is 11.1. The van der Waals surface area contributed by atoms with Crippen molar-refractivity contribution in [1.29, 1.82) is 0 Å². The Kier molecular flexibility index (Phi) is 7.68. The number of hydrogen-bond acceptors (Lipinski definition) is 5. The van der Waals surface area contributed by atoms with Crippen molar-refractivity contribution in [3.8, 4) is 22.3 Å². The molecule has 9 heteroatoms. The van der Waals surface area contributed by atoms with Crippen molar-refractivity contribution in [3.63, 3.8) is 0 Å². The molecular formula is C32H32N4O3S2. The molecule has 0 aliphatic heterocycles. The van der Waals surface area contributed by atoms with Crippen molar-refractivity contribution in [2.45, 2.75) is 23.6 Å². The molecule has 0 N–H and O–H groups in total. The molecule has 210 valence electrons. The molecular weight excluding hydrogens is 553 g/mol. The van der Waals surface area contributed by atoms with E-state index < -0.39 is 20.6 Å². The average Bonchev–Trinajstić information content (AvgIpc) is 3.44. The molecule has 0 bridgehead atoms. The third-order valence-corrected chi connectivity index (χ3v) is 8.98. The van der Waals surface area contributed by atoms with Crippen molar-refractivity contribution in [2.24, 2.45) is 14.1 Å². The predicted octanol–water partition coefficient (Wildman–Crippen LogP) is 6.24. The minimum absolute atomic E-state index is 0.331. The molecule has 0 amide bonds. The molecule has 0 saturated heterocycles. The molecule has 0 aliphatic carbocycles. The van der Waals surface area contributed by atoms with Crippen LogP contribution in [0.1, 0.15) is 11.1 Å². The second-order valence-electron chi connectivity index (χ2n) is 10.4. The van der Waals surface area contributed by atoms with E-state index >= 15 is 0 Å². The van der Waals surface area contributed by atoms with Gasteiger partial charge in [-0.05, 0) is 72.5 Å². The van der Waals surface area contributed by atoms with E-state index in [9.17, 15) is 12.6 Å². The van der Waals surface area contributed by atoms with Gasteiger partial charge in [-0.15, -0.1) is 0 Å². The van der Waals surface area contributed by atoms with Crippen LogP contribution in [0.25, 0.3) is 44.3 Å². The fourth-order valence-corrected chi connectivity index (χ4v) is 6.16. The van der Waals surface area contributed by atoms with Gasteiger partial charge in [0.25, 0.3) is 0 Å². The molecule has 6 aromatic rings. The Morgan fingerprint density at radius 1 is 0.732 bits per heavy atom. The number of rotatable bonds is 4. The number of aryl methyl sites for hydroxylation is 4. The zero-order valence-corrected chi connectivity index (χ0v) is 25.5. The molecule has 1 unspecified atom stereocenters. The number of benzene rings is 2. The Balaban J connectivity index is 0.000000165. The fraction of sp³-hybridized carbons (Fsp3) is 0.188. The Bertz CT molecular complexity index is 2060. The first-order valence-electron chi connectivity index (χ1n) is 13.0. The van der Waals surface area contributed by atoms with Crippen LogP contribution in [0.4, 0.5) is 0 Å². The summed E-state index contributed by atoms with van der Waals surface area (Å²) in [5, 5.41) is 2.16. The van der Waals surface area contributed by atoms with Gasteiger partial charge in [-0.2, -0.15) is 0 Å². The molecule has 2 aromatic carbocycles. The maximum Gasteiger partial charge on any atom is 0.175 e. The van der Waals surface area contributed by atoms with E-state index in [2.05, 4.69) is 28.3 Å². The van der Waals surface area contributed by atoms with Gasteiger partial charge < -0.3 is 9.13 Å². The Hall–Kier alpha value is -4.08. The quantitative estimate of drug-likeness (QED) is 0.245. The normalized spacial score (nSPS) is 12.3. The highest BCUT2D eigenvalue weighted by molar-refractivity contribution is 7.90. The van der Waals surface area contributed by atoms with E-state index in [0.29, 0.717) is 4.90 Å². The number of pyridine rings is 2. The van der Waals surface area contributed by atoms with E-state index in [0.717, 1.165) is 60.3 Å². The summed E-state index contributed by atoms with van der Waals surface area (Å²) < 4.78 is 39.1. The summed E-state index contributed by atoms with van der Waals surface area (Å²) in [5.74, 6) is 0. The van der Waals surface area contributed by atoms with Crippen LogP contribution >= 0.6 is 0 Å². The lowest BCUT2D eigenvalue weighted by Gasteiger charge is -2.03. The summed E-state index contributed by atoms with van der Waals surface area (Å²) in [4.78, 5) is 10.1. The van der Waals surface area contributed by atoms with Gasteiger partial charge >= 0.3 is 0 Å². The summed E-state index contributed by atoms with van der Waals surface area (Å²) in [6.07, 6.45) is 10.7. The van der Waals surface area contributed by atoms with Crippen molar-refractivity contribution >= 4 is 42.7 Å². The maximum absolute atomic E-state index is 11.7. The predicted molar refractivity (Wildman–Crippen MR) is 167 cm³/mol. The van der Waals surface area contributed by atoms with Crippen molar-refractivity contribution < 1.29 is 12.6 Å². The van der Waals surface area contributed by atoms with Crippen LogP contribution in [0.2, 0.25) is 0 Å². The summed E-state index contributed by atoms with van der Waals surface area (Å²) in [7, 11) is -0.242. The van der Waals surface area contributed by atoms with Crippen LogP contribution < -0.4 is 0 Å². The molecule has 41 heavy (non-hydrogen) atoms. The molecule has 4 aromatic heterocycles. The minimum atomic E-state index is -3.21. The SMILES string of the molecule is Cc1cnc2c(c1)c(-c1cccc(S(C)(=O)=O)c1)cn2C.Cc1cnc2c(c1)c(-c1cccc(S(C)=O)c1)cn2C. The average molecular weight is 585 g/mol. The molecule has 6 rings (SSSR count). The van der Waals surface area contributed by atoms with Gasteiger partial charge in [0.2, 0.25) is 0 Å². The van der Waals surface area contributed by atoms with Crippen LogP contribution in [0.3, 0.4) is 0 Å². The first kappa shape index (κ1) is 28.4. The number of nitrogens with zero attached hydrogens (tertiary/aromatic N) is 4. The highest BCUT2D eigenvalue weighted by atomic mass is 32.2. The Morgan fingerprint density at radius 3 is 1.71 bits per heavy atom. The molecule has 0 spiro atoms. The van der Waals surface area contributed by atoms with Crippen LogP contribution in [-0.4, -0.2) is 44.2 Å². The summed E-state index contributed by atoms with van der Waals surface area (Å²) >= 11 is 0. The van der Waals surface area contributed by atoms with Crippen LogP contribution in [0.5, 0.6) is 0 Å². The topological polar surface area (TPSA) is 86.8 Å². The van der Waals surface area contributed by atoms with E-state index in [4.69, 9.17) is 0 Å². The highest BCUT2D eigenvalue weighted by Gasteiger charge is 2.14. The number of hydrogen-bond donors (Lipinski definition) is 0. The summed E-state index contributed by atoms with van der Waals surface area (Å²) in [6.45, 7) is 4.04. The van der Waals surface area contributed by atoms with Crippen LogP contribution in [0.15, 0.2) is 95.2 Å². The summed E-state index contributed by atoms with van der Waals surface area (Å²) in [6, 6.07) is 19.1. The van der Waals surface area contributed by atoms with E-state index in [1.807, 2.05) is 86.0 Å². The number of fused-ring (bicyclic) bond motifs is 2. The minimum Gasteiger partial charge on any atom is -0.335 e. The fourth-order valence-electron chi connectivity index (χ4n) is 4.93. The first-order valence-corrected chi connectivity index (χ1v) is 16.4. The molecule has 0 radical (unpaired) electrons. The second-order valence-corrected chi connectivity index (χ2v) is 13.8. The summed E-state index contributed by atoms with van der Waals surface area (Å²) in [5.41, 5.74) is 8.16. The van der Waals surface area contributed by atoms with E-state index in [1.165, 1.54) is 6.26 Å². The van der Waals surface area contributed by atoms with Crippen LogP contribution in [-0.2, 0) is 34.7 Å². The van der Waals surface area contributed by atoms with Gasteiger partial charge in [0.05, 0.1) is 4.90 Å². The largest absolute Gasteiger partial charge is 0.335 e. The number of aromatic nitrogens is 4. The van der Waals surface area contributed by atoms with E-state index in [1.54, 1.807) is 24.5 Å². The zero-order chi connectivity index (χ0) is 29.5. The van der Waals surface area contributed by atoms with Gasteiger partial charge in [-0.1, -0.05) is 24.3 Å². The van der Waals surface area contributed by atoms with Crippen LogP contribution in [0, 0.1) is 13.8 Å². The van der Waals surface area contributed by atoms with Gasteiger partial charge in [-0.3, -0.25) is 4.21 Å². The third kappa shape index (κ3) is 5.87. The molecule has 1 atom stereocenters. The Morgan fingerprint density at radius 2 is 1.22 bits per heavy atom. The van der Waals surface area contributed by atoms with Crippen molar-refractivity contribution in [3.05, 3.63) is 96.6 Å². The highest BCUT2D eigenvalue weighted by Crippen LogP contribution is 2.32. The zero-order valence-electron chi connectivity index (χ0n) is 23.9. The smallest absolute Gasteiger partial charge is 0.175 e. The lowest BCUT2D eigenvalue weighted by atomic mass is 10.1. The van der Waals surface area contributed by atoms with Crippen molar-refractivity contribution in [2.75, 3.05) is 12.5 Å². The van der Waals surface area contributed by atoms with Gasteiger partial charge in [-0.25, -0.2) is 18.4 Å². The lowest BCUT2D eigenvalue weighted by molar-refractivity contribution is 0.602. The molecule has 4 heterocycles. The third-order valence-electron chi connectivity index (χ3n) is 6.95. The molecule has 7 nitrogen and oxygen atoms in total. The van der Waals surface area contributed by atoms with Crippen molar-refractivity contribution in [1.82, 2.24) is 19.1 Å². The first-order chi connectivity index (χ1) is 19.4. The van der Waals surface area contributed by atoms with Gasteiger partial charge in [0.15, 0.2) is 9.84 Å². The van der Waals surface area contributed by atoms with Gasteiger partial charge in [0.1, 0.15) is 11.3 Å². The molecule has 0 saturated carbocycles. The molecule has 0 aliphatic rings. The molecule has 0 fully saturated rings. The van der Waals surface area contributed by atoms with E-state index in [-0.39, 0.29) is 0 Å². The maximum atomic E-state index is 11.7. The number of sulfone groups is 1.